The molecule has 17 heavy (non-hydrogen) atoms. The van der Waals surface area contributed by atoms with E-state index >= 15 is 0 Å². The molecule has 2 rings (SSSR count). The minimum atomic E-state index is -0.142. The molecule has 3 nitrogen and oxygen atoms in total. The van der Waals surface area contributed by atoms with E-state index in [1.165, 1.54) is 11.3 Å². The molecular weight excluding hydrogens is 232 g/mol. The van der Waals surface area contributed by atoms with Crippen LogP contribution in [0.3, 0.4) is 0 Å². The number of ketones is 1. The predicted molar refractivity (Wildman–Crippen MR) is 68.6 cm³/mol. The van der Waals surface area contributed by atoms with Gasteiger partial charge in [0.05, 0.1) is 15.6 Å². The summed E-state index contributed by atoms with van der Waals surface area (Å²) in [7, 11) is 0. The van der Waals surface area contributed by atoms with Crippen LogP contribution in [0.1, 0.15) is 38.8 Å². The fraction of sp³-hybridized carbons (Fsp3) is 0.308. The molecule has 0 aliphatic rings. The van der Waals surface area contributed by atoms with Crippen molar-refractivity contribution in [3.8, 4) is 0 Å². The Balaban J connectivity index is 2.30. The van der Waals surface area contributed by atoms with E-state index in [-0.39, 0.29) is 11.7 Å². The highest BCUT2D eigenvalue weighted by Crippen LogP contribution is 2.25. The number of nitrogens with zero attached hydrogens (tertiary/aromatic N) is 2. The molecule has 0 bridgehead atoms. The molecule has 1 unspecified atom stereocenters. The third kappa shape index (κ3) is 2.42. The lowest BCUT2D eigenvalue weighted by molar-refractivity contribution is 0.0969. The largest absolute Gasteiger partial charge is 0.293 e. The van der Waals surface area contributed by atoms with E-state index in [1.807, 2.05) is 32.9 Å². The molecule has 0 amide bonds. The molecular formula is C13H14N2OS. The number of thiazole rings is 1. The van der Waals surface area contributed by atoms with Crippen molar-refractivity contribution in [3.05, 3.63) is 45.7 Å². The first-order valence-electron chi connectivity index (χ1n) is 5.47. The van der Waals surface area contributed by atoms with E-state index in [4.69, 9.17) is 0 Å². The van der Waals surface area contributed by atoms with Crippen molar-refractivity contribution in [2.45, 2.75) is 26.7 Å². The third-order valence-electron chi connectivity index (χ3n) is 2.73. The number of rotatable bonds is 3. The number of aromatic nitrogens is 2. The van der Waals surface area contributed by atoms with Crippen molar-refractivity contribution < 1.29 is 4.79 Å². The lowest BCUT2D eigenvalue weighted by Gasteiger charge is -2.09. The summed E-state index contributed by atoms with van der Waals surface area (Å²) < 4.78 is 0. The Morgan fingerprint density at radius 2 is 1.94 bits per heavy atom. The van der Waals surface area contributed by atoms with Gasteiger partial charge in [0.2, 0.25) is 0 Å². The van der Waals surface area contributed by atoms with Gasteiger partial charge in [0.15, 0.2) is 5.78 Å². The number of aryl methyl sites for hydroxylation is 2. The molecule has 0 saturated carbocycles. The molecule has 0 N–H and O–H groups in total. The van der Waals surface area contributed by atoms with Crippen molar-refractivity contribution in [3.63, 3.8) is 0 Å². The molecule has 2 aromatic rings. The van der Waals surface area contributed by atoms with E-state index in [1.54, 1.807) is 12.4 Å². The van der Waals surface area contributed by atoms with Crippen LogP contribution in [0.2, 0.25) is 0 Å². The van der Waals surface area contributed by atoms with Gasteiger partial charge >= 0.3 is 0 Å². The van der Waals surface area contributed by atoms with Gasteiger partial charge in [-0.1, -0.05) is 6.92 Å². The molecule has 2 heterocycles. The summed E-state index contributed by atoms with van der Waals surface area (Å²) in [4.78, 5) is 21.4. The zero-order valence-electron chi connectivity index (χ0n) is 10.1. The monoisotopic (exact) mass is 246 g/mol. The van der Waals surface area contributed by atoms with Crippen molar-refractivity contribution in [2.24, 2.45) is 0 Å². The summed E-state index contributed by atoms with van der Waals surface area (Å²) in [6.45, 7) is 5.73. The van der Waals surface area contributed by atoms with Crippen LogP contribution in [0.15, 0.2) is 24.5 Å². The number of hydrogen-bond acceptors (Lipinski definition) is 4. The van der Waals surface area contributed by atoms with Crippen molar-refractivity contribution in [1.82, 2.24) is 9.97 Å². The van der Waals surface area contributed by atoms with Gasteiger partial charge in [0.1, 0.15) is 0 Å². The summed E-state index contributed by atoms with van der Waals surface area (Å²) in [5, 5.41) is 0.938. The van der Waals surface area contributed by atoms with Gasteiger partial charge in [0, 0.05) is 18.3 Å². The van der Waals surface area contributed by atoms with Crippen LogP contribution in [0.4, 0.5) is 0 Å². The Morgan fingerprint density at radius 1 is 1.29 bits per heavy atom. The first-order chi connectivity index (χ1) is 8.09. The Bertz CT molecular complexity index is 534. The molecule has 0 radical (unpaired) electrons. The highest BCUT2D eigenvalue weighted by atomic mass is 32.1. The number of carbonyl (C=O) groups excluding carboxylic acids is 1. The van der Waals surface area contributed by atoms with Gasteiger partial charge in [-0.05, 0) is 31.5 Å². The summed E-state index contributed by atoms with van der Waals surface area (Å²) in [5.41, 5.74) is 1.83. The lowest BCUT2D eigenvalue weighted by Crippen LogP contribution is -2.09. The summed E-state index contributed by atoms with van der Waals surface area (Å²) in [6, 6.07) is 3.76. The van der Waals surface area contributed by atoms with Gasteiger partial charge < -0.3 is 0 Å². The quantitative estimate of drug-likeness (QED) is 0.781. The fourth-order valence-electron chi connectivity index (χ4n) is 1.76. The number of hydrogen-bond donors (Lipinski definition) is 0. The maximum Gasteiger partial charge on any atom is 0.181 e. The van der Waals surface area contributed by atoms with Crippen LogP contribution >= 0.6 is 11.3 Å². The predicted octanol–water partition coefficient (Wildman–Crippen LogP) is 3.14. The smallest absolute Gasteiger partial charge is 0.181 e. The average molecular weight is 246 g/mol. The third-order valence-corrected chi connectivity index (χ3v) is 3.81. The highest BCUT2D eigenvalue weighted by Gasteiger charge is 2.21. The van der Waals surface area contributed by atoms with Crippen molar-refractivity contribution in [2.75, 3.05) is 0 Å². The zero-order valence-corrected chi connectivity index (χ0v) is 10.9. The molecule has 0 aliphatic heterocycles. The second-order valence-electron chi connectivity index (χ2n) is 4.01. The van der Waals surface area contributed by atoms with E-state index in [2.05, 4.69) is 9.97 Å². The van der Waals surface area contributed by atoms with Gasteiger partial charge in [-0.3, -0.25) is 9.78 Å². The molecule has 2 aromatic heterocycles. The van der Waals surface area contributed by atoms with Crippen LogP contribution in [-0.2, 0) is 0 Å². The zero-order chi connectivity index (χ0) is 12.4. The second kappa shape index (κ2) is 4.75. The normalized spacial score (nSPS) is 12.4. The number of Topliss-reactive ketones (excluding diaryl/α,β-unsaturated/α-hetero) is 1. The second-order valence-corrected chi connectivity index (χ2v) is 5.22. The summed E-state index contributed by atoms with van der Waals surface area (Å²) in [5.74, 6) is -0.00384. The molecule has 4 heteroatoms. The molecule has 0 saturated heterocycles. The Hall–Kier alpha value is -1.55. The van der Waals surface area contributed by atoms with E-state index in [0.717, 1.165) is 21.1 Å². The first-order valence-corrected chi connectivity index (χ1v) is 6.29. The van der Waals surface area contributed by atoms with Gasteiger partial charge in [-0.15, -0.1) is 11.3 Å². The minimum absolute atomic E-state index is 0.138. The van der Waals surface area contributed by atoms with Gasteiger partial charge in [-0.25, -0.2) is 4.98 Å². The van der Waals surface area contributed by atoms with E-state index in [9.17, 15) is 4.79 Å². The topological polar surface area (TPSA) is 42.9 Å². The SMILES string of the molecule is Cc1nc(C)c(C(=O)C(C)c2ccncc2)s1. The number of carbonyl (C=O) groups is 1. The molecule has 0 aromatic carbocycles. The van der Waals surface area contributed by atoms with Crippen LogP contribution in [0.5, 0.6) is 0 Å². The minimum Gasteiger partial charge on any atom is -0.293 e. The van der Waals surface area contributed by atoms with Crippen LogP contribution in [0.25, 0.3) is 0 Å². The Morgan fingerprint density at radius 3 is 2.47 bits per heavy atom. The maximum absolute atomic E-state index is 12.3. The van der Waals surface area contributed by atoms with Crippen LogP contribution in [0, 0.1) is 13.8 Å². The number of pyridine rings is 1. The van der Waals surface area contributed by atoms with Crippen LogP contribution in [-0.4, -0.2) is 15.8 Å². The highest BCUT2D eigenvalue weighted by molar-refractivity contribution is 7.13. The van der Waals surface area contributed by atoms with Gasteiger partial charge in [-0.2, -0.15) is 0 Å². The molecule has 0 fully saturated rings. The average Bonchev–Trinajstić information content (AvgIpc) is 2.68. The van der Waals surface area contributed by atoms with Crippen LogP contribution < -0.4 is 0 Å². The van der Waals surface area contributed by atoms with Crippen molar-refractivity contribution >= 4 is 17.1 Å². The first kappa shape index (κ1) is 11.9. The molecule has 1 atom stereocenters. The maximum atomic E-state index is 12.3. The van der Waals surface area contributed by atoms with E-state index in [0.29, 0.717) is 0 Å². The fourth-order valence-corrected chi connectivity index (χ4v) is 2.71. The molecule has 0 spiro atoms. The van der Waals surface area contributed by atoms with E-state index < -0.39 is 0 Å². The molecule has 88 valence electrons. The molecule has 0 aliphatic carbocycles. The Kier molecular flexibility index (Phi) is 3.33. The van der Waals surface area contributed by atoms with Crippen molar-refractivity contribution in [1.29, 1.82) is 0 Å². The Labute approximate surface area is 105 Å². The lowest BCUT2D eigenvalue weighted by atomic mass is 9.96. The standard InChI is InChI=1S/C13H14N2OS/c1-8(11-4-6-14-7-5-11)12(16)13-9(2)15-10(3)17-13/h4-8H,1-3H3. The van der Waals surface area contributed by atoms with Gasteiger partial charge in [0.25, 0.3) is 0 Å². The summed E-state index contributed by atoms with van der Waals surface area (Å²) in [6.07, 6.45) is 3.42. The summed E-state index contributed by atoms with van der Waals surface area (Å²) >= 11 is 1.47.